The lowest BCUT2D eigenvalue weighted by Gasteiger charge is -2.15. The van der Waals surface area contributed by atoms with Crippen molar-refractivity contribution in [1.82, 2.24) is 19.7 Å². The number of benzene rings is 1. The summed E-state index contributed by atoms with van der Waals surface area (Å²) in [4.78, 5) is 17.7. The lowest BCUT2D eigenvalue weighted by Crippen LogP contribution is -2.27. The quantitative estimate of drug-likeness (QED) is 0.638. The number of rotatable bonds is 3. The summed E-state index contributed by atoms with van der Waals surface area (Å²) in [6.45, 7) is 4.62. The van der Waals surface area contributed by atoms with Gasteiger partial charge >= 0.3 is 6.18 Å². The van der Waals surface area contributed by atoms with Gasteiger partial charge in [0.2, 0.25) is 5.91 Å². The van der Waals surface area contributed by atoms with Crippen molar-refractivity contribution < 1.29 is 18.0 Å². The molecular formula is C20H17F3N4O. The summed E-state index contributed by atoms with van der Waals surface area (Å²) in [6.07, 6.45) is 0.962. The van der Waals surface area contributed by atoms with Crippen molar-refractivity contribution >= 4 is 16.8 Å². The minimum Gasteiger partial charge on any atom is -0.337 e. The summed E-state index contributed by atoms with van der Waals surface area (Å²) in [5.74, 6) is -0.125. The molecule has 0 bridgehead atoms. The zero-order valence-corrected chi connectivity index (χ0v) is 14.9. The molecule has 1 aliphatic rings. The van der Waals surface area contributed by atoms with E-state index in [-0.39, 0.29) is 11.9 Å². The van der Waals surface area contributed by atoms with Gasteiger partial charge in [-0.05, 0) is 30.7 Å². The van der Waals surface area contributed by atoms with Gasteiger partial charge in [0.25, 0.3) is 0 Å². The van der Waals surface area contributed by atoms with Gasteiger partial charge < -0.3 is 4.90 Å². The topological polar surface area (TPSA) is 51.0 Å². The highest BCUT2D eigenvalue weighted by molar-refractivity contribution is 5.93. The van der Waals surface area contributed by atoms with Crippen molar-refractivity contribution in [3.8, 4) is 11.3 Å². The molecule has 1 unspecified atom stereocenters. The van der Waals surface area contributed by atoms with Crippen molar-refractivity contribution in [3.05, 3.63) is 60.9 Å². The van der Waals surface area contributed by atoms with E-state index in [0.717, 1.165) is 29.5 Å². The molecule has 0 radical (unpaired) electrons. The van der Waals surface area contributed by atoms with Crippen molar-refractivity contribution in [2.24, 2.45) is 0 Å². The lowest BCUT2D eigenvalue weighted by atomic mass is 10.1. The first kappa shape index (κ1) is 18.2. The Labute approximate surface area is 159 Å². The van der Waals surface area contributed by atoms with Gasteiger partial charge in [-0.2, -0.15) is 18.3 Å². The first-order valence-corrected chi connectivity index (χ1v) is 8.79. The predicted octanol–water partition coefficient (Wildman–Crippen LogP) is 4.08. The third-order valence-corrected chi connectivity index (χ3v) is 4.99. The molecule has 0 aliphatic carbocycles. The average Bonchev–Trinajstić information content (AvgIpc) is 3.32. The van der Waals surface area contributed by atoms with Gasteiger partial charge in [0.15, 0.2) is 0 Å². The van der Waals surface area contributed by atoms with Gasteiger partial charge in [0.1, 0.15) is 5.69 Å². The van der Waals surface area contributed by atoms with Crippen LogP contribution in [0.5, 0.6) is 0 Å². The zero-order valence-electron chi connectivity index (χ0n) is 14.9. The fourth-order valence-corrected chi connectivity index (χ4v) is 3.56. The number of carbonyl (C=O) groups is 1. The van der Waals surface area contributed by atoms with Crippen LogP contribution in [0.25, 0.3) is 22.2 Å². The summed E-state index contributed by atoms with van der Waals surface area (Å²) in [5.41, 5.74) is 1.28. The molecule has 1 aliphatic heterocycles. The molecule has 1 aromatic carbocycles. The molecule has 0 N–H and O–H groups in total. The average molecular weight is 386 g/mol. The first-order chi connectivity index (χ1) is 13.4. The first-order valence-electron chi connectivity index (χ1n) is 8.79. The van der Waals surface area contributed by atoms with Crippen LogP contribution < -0.4 is 0 Å². The number of nitrogens with zero attached hydrogens (tertiary/aromatic N) is 4. The number of pyridine rings is 1. The summed E-state index contributed by atoms with van der Waals surface area (Å²) in [5, 5.41) is 5.49. The third-order valence-electron chi connectivity index (χ3n) is 4.99. The molecule has 8 heteroatoms. The molecule has 144 valence electrons. The van der Waals surface area contributed by atoms with Crippen LogP contribution in [0.1, 0.15) is 18.0 Å². The maximum atomic E-state index is 12.8. The van der Waals surface area contributed by atoms with Crippen molar-refractivity contribution in [1.29, 1.82) is 0 Å². The standard InChI is InChI=1S/C20H17F3N4O/c1-2-18(28)26-10-8-15(12-26)27-17-11-24-9-7-16(17)19(25-27)13-3-5-14(6-4-13)20(21,22)23/h2-7,9,11,15H,1,8,10,12H2. The molecule has 1 amide bonds. The van der Waals surface area contributed by atoms with Crippen LogP contribution in [0.15, 0.2) is 55.4 Å². The smallest absolute Gasteiger partial charge is 0.337 e. The zero-order chi connectivity index (χ0) is 19.9. The second kappa shape index (κ2) is 6.78. The number of amides is 1. The van der Waals surface area contributed by atoms with E-state index in [1.807, 2.05) is 4.68 Å². The summed E-state index contributed by atoms with van der Waals surface area (Å²) < 4.78 is 40.4. The molecule has 0 spiro atoms. The van der Waals surface area contributed by atoms with Crippen LogP contribution in [0.2, 0.25) is 0 Å². The number of carbonyl (C=O) groups excluding carboxylic acids is 1. The van der Waals surface area contributed by atoms with E-state index in [1.54, 1.807) is 23.4 Å². The van der Waals surface area contributed by atoms with E-state index in [1.165, 1.54) is 18.2 Å². The summed E-state index contributed by atoms with van der Waals surface area (Å²) in [6, 6.07) is 6.74. The lowest BCUT2D eigenvalue weighted by molar-refractivity contribution is -0.137. The number of halogens is 3. The Morgan fingerprint density at radius 2 is 1.96 bits per heavy atom. The molecule has 28 heavy (non-hydrogen) atoms. The SMILES string of the molecule is C=CC(=O)N1CCC(n2nc(-c3ccc(C(F)(F)F)cc3)c3ccncc32)C1. The van der Waals surface area contributed by atoms with E-state index in [4.69, 9.17) is 0 Å². The van der Waals surface area contributed by atoms with E-state index in [2.05, 4.69) is 16.7 Å². The molecule has 0 saturated carbocycles. The van der Waals surface area contributed by atoms with Crippen LogP contribution >= 0.6 is 0 Å². The Hall–Kier alpha value is -3.16. The second-order valence-electron chi connectivity index (χ2n) is 6.69. The van der Waals surface area contributed by atoms with Gasteiger partial charge in [0.05, 0.1) is 23.3 Å². The predicted molar refractivity (Wildman–Crippen MR) is 98.4 cm³/mol. The fraction of sp³-hybridized carbons (Fsp3) is 0.250. The molecule has 5 nitrogen and oxygen atoms in total. The highest BCUT2D eigenvalue weighted by Crippen LogP contribution is 2.34. The van der Waals surface area contributed by atoms with Crippen LogP contribution in [-0.2, 0) is 11.0 Å². The Bertz CT molecular complexity index is 1040. The second-order valence-corrected chi connectivity index (χ2v) is 6.69. The third kappa shape index (κ3) is 3.15. The number of aromatic nitrogens is 3. The summed E-state index contributed by atoms with van der Waals surface area (Å²) >= 11 is 0. The van der Waals surface area contributed by atoms with Crippen molar-refractivity contribution in [3.63, 3.8) is 0 Å². The molecule has 4 rings (SSSR count). The number of hydrogen-bond donors (Lipinski definition) is 0. The molecule has 1 atom stereocenters. The monoisotopic (exact) mass is 386 g/mol. The van der Waals surface area contributed by atoms with Gasteiger partial charge in [-0.15, -0.1) is 0 Å². The molecule has 3 heterocycles. The highest BCUT2D eigenvalue weighted by atomic mass is 19.4. The van der Waals surface area contributed by atoms with E-state index in [0.29, 0.717) is 24.3 Å². The van der Waals surface area contributed by atoms with Crippen molar-refractivity contribution in [2.75, 3.05) is 13.1 Å². The van der Waals surface area contributed by atoms with E-state index < -0.39 is 11.7 Å². The number of alkyl halides is 3. The fourth-order valence-electron chi connectivity index (χ4n) is 3.56. The van der Waals surface area contributed by atoms with Gasteiger partial charge in [0, 0.05) is 30.2 Å². The van der Waals surface area contributed by atoms with Gasteiger partial charge in [-0.25, -0.2) is 0 Å². The minimum atomic E-state index is -4.38. The van der Waals surface area contributed by atoms with Crippen LogP contribution in [0, 0.1) is 0 Å². The van der Waals surface area contributed by atoms with Crippen LogP contribution in [0.4, 0.5) is 13.2 Å². The maximum absolute atomic E-state index is 12.8. The molecular weight excluding hydrogens is 369 g/mol. The molecule has 1 saturated heterocycles. The number of likely N-dealkylation sites (tertiary alicyclic amines) is 1. The normalized spacial score (nSPS) is 17.2. The van der Waals surface area contributed by atoms with E-state index >= 15 is 0 Å². The minimum absolute atomic E-state index is 0.0289. The molecule has 1 fully saturated rings. The van der Waals surface area contributed by atoms with Crippen molar-refractivity contribution in [2.45, 2.75) is 18.6 Å². The van der Waals surface area contributed by atoms with Gasteiger partial charge in [-0.1, -0.05) is 18.7 Å². The molecule has 2 aromatic heterocycles. The largest absolute Gasteiger partial charge is 0.416 e. The van der Waals surface area contributed by atoms with E-state index in [9.17, 15) is 18.0 Å². The van der Waals surface area contributed by atoms with Crippen LogP contribution in [-0.4, -0.2) is 38.7 Å². The Morgan fingerprint density at radius 3 is 2.64 bits per heavy atom. The Morgan fingerprint density at radius 1 is 1.21 bits per heavy atom. The summed E-state index contributed by atoms with van der Waals surface area (Å²) in [7, 11) is 0. The highest BCUT2D eigenvalue weighted by Gasteiger charge is 2.31. The number of hydrogen-bond acceptors (Lipinski definition) is 3. The number of fused-ring (bicyclic) bond motifs is 1. The maximum Gasteiger partial charge on any atom is 0.416 e. The Kier molecular flexibility index (Phi) is 4.41. The van der Waals surface area contributed by atoms with Gasteiger partial charge in [-0.3, -0.25) is 14.5 Å². The van der Waals surface area contributed by atoms with Crippen LogP contribution in [0.3, 0.4) is 0 Å². The molecule has 3 aromatic rings. The Balaban J connectivity index is 1.73.